The fraction of sp³-hybridized carbons (Fsp3) is 0.375. The van der Waals surface area contributed by atoms with Crippen LogP contribution in [0.1, 0.15) is 18.9 Å². The average Bonchev–Trinajstić information content (AvgIpc) is 2.47. The Kier molecular flexibility index (Phi) is 4.77. The maximum Gasteiger partial charge on any atom is 0.126 e. The van der Waals surface area contributed by atoms with Crippen molar-refractivity contribution in [2.45, 2.75) is 26.0 Å². The SMILES string of the molecule is CCC(O)CNCc1ccc(OC)c2ccccc12. The molecule has 1 atom stereocenters. The summed E-state index contributed by atoms with van der Waals surface area (Å²) in [5.41, 5.74) is 1.22. The maximum atomic E-state index is 9.55. The van der Waals surface area contributed by atoms with Crippen LogP contribution < -0.4 is 10.1 Å². The van der Waals surface area contributed by atoms with Crippen molar-refractivity contribution in [3.63, 3.8) is 0 Å². The zero-order valence-electron chi connectivity index (χ0n) is 11.5. The number of aliphatic hydroxyl groups is 1. The van der Waals surface area contributed by atoms with Crippen molar-refractivity contribution >= 4 is 10.8 Å². The lowest BCUT2D eigenvalue weighted by Gasteiger charge is -2.13. The van der Waals surface area contributed by atoms with E-state index in [0.717, 1.165) is 24.1 Å². The number of nitrogens with one attached hydrogen (secondary N) is 1. The molecule has 102 valence electrons. The van der Waals surface area contributed by atoms with Crippen LogP contribution >= 0.6 is 0 Å². The molecule has 0 saturated heterocycles. The molecule has 3 nitrogen and oxygen atoms in total. The molecule has 0 heterocycles. The van der Waals surface area contributed by atoms with E-state index in [9.17, 15) is 5.11 Å². The van der Waals surface area contributed by atoms with Gasteiger partial charge in [0.15, 0.2) is 0 Å². The van der Waals surface area contributed by atoms with E-state index < -0.39 is 0 Å². The van der Waals surface area contributed by atoms with E-state index in [1.807, 2.05) is 25.1 Å². The van der Waals surface area contributed by atoms with E-state index in [0.29, 0.717) is 6.54 Å². The summed E-state index contributed by atoms with van der Waals surface area (Å²) in [6.45, 7) is 3.35. The molecule has 0 saturated carbocycles. The predicted molar refractivity (Wildman–Crippen MR) is 78.5 cm³/mol. The van der Waals surface area contributed by atoms with E-state index in [4.69, 9.17) is 4.74 Å². The largest absolute Gasteiger partial charge is 0.496 e. The van der Waals surface area contributed by atoms with Gasteiger partial charge in [-0.15, -0.1) is 0 Å². The zero-order chi connectivity index (χ0) is 13.7. The van der Waals surface area contributed by atoms with Gasteiger partial charge in [-0.25, -0.2) is 0 Å². The van der Waals surface area contributed by atoms with Gasteiger partial charge in [0.05, 0.1) is 13.2 Å². The Bertz CT molecular complexity index is 539. The Hall–Kier alpha value is -1.58. The molecule has 0 radical (unpaired) electrons. The lowest BCUT2D eigenvalue weighted by atomic mass is 10.0. The smallest absolute Gasteiger partial charge is 0.126 e. The third-order valence-electron chi connectivity index (χ3n) is 3.36. The highest BCUT2D eigenvalue weighted by atomic mass is 16.5. The van der Waals surface area contributed by atoms with Gasteiger partial charge in [0.1, 0.15) is 5.75 Å². The van der Waals surface area contributed by atoms with Crippen molar-refractivity contribution in [3.8, 4) is 5.75 Å². The van der Waals surface area contributed by atoms with Gasteiger partial charge in [-0.1, -0.05) is 37.3 Å². The summed E-state index contributed by atoms with van der Waals surface area (Å²) in [5, 5.41) is 15.2. The number of ether oxygens (including phenoxy) is 1. The van der Waals surface area contributed by atoms with E-state index in [2.05, 4.69) is 23.5 Å². The number of hydrogen-bond donors (Lipinski definition) is 2. The van der Waals surface area contributed by atoms with Gasteiger partial charge >= 0.3 is 0 Å². The first-order chi connectivity index (χ1) is 9.26. The summed E-state index contributed by atoms with van der Waals surface area (Å²) < 4.78 is 5.38. The standard InChI is InChI=1S/C16H21NO2/c1-3-13(18)11-17-10-12-8-9-16(19-2)15-7-5-4-6-14(12)15/h4-9,13,17-18H,3,10-11H2,1-2H3. The molecule has 19 heavy (non-hydrogen) atoms. The number of methoxy groups -OCH3 is 1. The molecule has 2 rings (SSSR count). The topological polar surface area (TPSA) is 41.5 Å². The zero-order valence-corrected chi connectivity index (χ0v) is 11.5. The molecular weight excluding hydrogens is 238 g/mol. The van der Waals surface area contributed by atoms with Crippen LogP contribution in [0.25, 0.3) is 10.8 Å². The van der Waals surface area contributed by atoms with Crippen LogP contribution in [0.15, 0.2) is 36.4 Å². The molecule has 1 unspecified atom stereocenters. The summed E-state index contributed by atoms with van der Waals surface area (Å²) in [7, 11) is 1.69. The first-order valence-corrected chi connectivity index (χ1v) is 6.69. The van der Waals surface area contributed by atoms with Crippen LogP contribution in [0, 0.1) is 0 Å². The molecule has 0 amide bonds. The fourth-order valence-corrected chi connectivity index (χ4v) is 2.18. The highest BCUT2D eigenvalue weighted by Crippen LogP contribution is 2.28. The average molecular weight is 259 g/mol. The Morgan fingerprint density at radius 1 is 1.16 bits per heavy atom. The Labute approximate surface area is 114 Å². The second-order valence-electron chi connectivity index (χ2n) is 4.67. The van der Waals surface area contributed by atoms with E-state index in [1.54, 1.807) is 7.11 Å². The molecule has 0 fully saturated rings. The summed E-state index contributed by atoms with van der Waals surface area (Å²) in [6.07, 6.45) is 0.501. The molecule has 0 aliphatic heterocycles. The van der Waals surface area contributed by atoms with Crippen molar-refractivity contribution in [3.05, 3.63) is 42.0 Å². The molecule has 2 N–H and O–H groups in total. The van der Waals surface area contributed by atoms with Crippen LogP contribution in [-0.4, -0.2) is 24.9 Å². The maximum absolute atomic E-state index is 9.55. The van der Waals surface area contributed by atoms with Crippen molar-refractivity contribution < 1.29 is 9.84 Å². The van der Waals surface area contributed by atoms with Crippen LogP contribution in [0.5, 0.6) is 5.75 Å². The van der Waals surface area contributed by atoms with Gasteiger partial charge in [-0.3, -0.25) is 0 Å². The summed E-state index contributed by atoms with van der Waals surface area (Å²) in [5.74, 6) is 0.896. The molecule has 2 aromatic rings. The first-order valence-electron chi connectivity index (χ1n) is 6.69. The second-order valence-corrected chi connectivity index (χ2v) is 4.67. The summed E-state index contributed by atoms with van der Waals surface area (Å²) in [4.78, 5) is 0. The quantitative estimate of drug-likeness (QED) is 0.838. The highest BCUT2D eigenvalue weighted by Gasteiger charge is 2.06. The number of fused-ring (bicyclic) bond motifs is 1. The lowest BCUT2D eigenvalue weighted by molar-refractivity contribution is 0.167. The number of rotatable bonds is 6. The molecule has 0 aliphatic carbocycles. The lowest BCUT2D eigenvalue weighted by Crippen LogP contribution is -2.25. The normalized spacial score (nSPS) is 12.6. The molecule has 2 aromatic carbocycles. The molecule has 0 spiro atoms. The van der Waals surface area contributed by atoms with Crippen molar-refractivity contribution in [1.29, 1.82) is 0 Å². The van der Waals surface area contributed by atoms with Gasteiger partial charge in [-0.05, 0) is 23.4 Å². The summed E-state index contributed by atoms with van der Waals surface area (Å²) in [6, 6.07) is 12.3. The van der Waals surface area contributed by atoms with Crippen LogP contribution in [0.4, 0.5) is 0 Å². The molecule has 0 aliphatic rings. The molecule has 3 heteroatoms. The minimum Gasteiger partial charge on any atom is -0.496 e. The minimum absolute atomic E-state index is 0.274. The first kappa shape index (κ1) is 13.8. The third-order valence-corrected chi connectivity index (χ3v) is 3.36. The Balaban J connectivity index is 2.20. The van der Waals surface area contributed by atoms with Crippen LogP contribution in [0.3, 0.4) is 0 Å². The van der Waals surface area contributed by atoms with Gasteiger partial charge in [0.2, 0.25) is 0 Å². The molecule has 0 aromatic heterocycles. The number of benzene rings is 2. The van der Waals surface area contributed by atoms with E-state index in [-0.39, 0.29) is 6.10 Å². The van der Waals surface area contributed by atoms with Crippen LogP contribution in [-0.2, 0) is 6.54 Å². The van der Waals surface area contributed by atoms with Crippen molar-refractivity contribution in [2.75, 3.05) is 13.7 Å². The number of aliphatic hydroxyl groups excluding tert-OH is 1. The second kappa shape index (κ2) is 6.55. The monoisotopic (exact) mass is 259 g/mol. The van der Waals surface area contributed by atoms with E-state index in [1.165, 1.54) is 10.9 Å². The number of hydrogen-bond acceptors (Lipinski definition) is 3. The van der Waals surface area contributed by atoms with Gasteiger partial charge in [0, 0.05) is 18.5 Å². The molecular formula is C16H21NO2. The Morgan fingerprint density at radius 3 is 2.58 bits per heavy atom. The highest BCUT2D eigenvalue weighted by molar-refractivity contribution is 5.91. The van der Waals surface area contributed by atoms with E-state index >= 15 is 0 Å². The molecule has 0 bridgehead atoms. The van der Waals surface area contributed by atoms with Gasteiger partial charge in [0.25, 0.3) is 0 Å². The van der Waals surface area contributed by atoms with Crippen molar-refractivity contribution in [2.24, 2.45) is 0 Å². The van der Waals surface area contributed by atoms with Crippen LogP contribution in [0.2, 0.25) is 0 Å². The predicted octanol–water partition coefficient (Wildman–Crippen LogP) is 2.71. The summed E-state index contributed by atoms with van der Waals surface area (Å²) >= 11 is 0. The van der Waals surface area contributed by atoms with Gasteiger partial charge in [-0.2, -0.15) is 0 Å². The minimum atomic E-state index is -0.274. The Morgan fingerprint density at radius 2 is 1.89 bits per heavy atom. The third kappa shape index (κ3) is 3.25. The fourth-order valence-electron chi connectivity index (χ4n) is 2.18. The van der Waals surface area contributed by atoms with Crippen molar-refractivity contribution in [1.82, 2.24) is 5.32 Å². The van der Waals surface area contributed by atoms with Gasteiger partial charge < -0.3 is 15.2 Å².